The van der Waals surface area contributed by atoms with Crippen molar-refractivity contribution in [2.75, 3.05) is 18.6 Å². The predicted molar refractivity (Wildman–Crippen MR) is 103 cm³/mol. The second-order valence-corrected chi connectivity index (χ2v) is 7.12. The number of carbonyl (C=O) groups excluding carboxylic acids is 1. The minimum absolute atomic E-state index is 0.123. The molecule has 1 aliphatic carbocycles. The van der Waals surface area contributed by atoms with Crippen LogP contribution >= 0.6 is 0 Å². The summed E-state index contributed by atoms with van der Waals surface area (Å²) in [6.07, 6.45) is 1.12. The van der Waals surface area contributed by atoms with Gasteiger partial charge in [-0.2, -0.15) is 0 Å². The van der Waals surface area contributed by atoms with Gasteiger partial charge in [0.05, 0.1) is 18.9 Å². The van der Waals surface area contributed by atoms with Gasteiger partial charge in [-0.25, -0.2) is 4.98 Å². The number of pyridine rings is 1. The van der Waals surface area contributed by atoms with E-state index in [-0.39, 0.29) is 24.5 Å². The Labute approximate surface area is 170 Å². The molecular formula is C20H20F3N5O2. The lowest BCUT2D eigenvalue weighted by molar-refractivity contribution is -0.306. The zero-order chi connectivity index (χ0) is 21.3. The van der Waals surface area contributed by atoms with Crippen LogP contribution in [-0.2, 0) is 17.7 Å². The van der Waals surface area contributed by atoms with Gasteiger partial charge in [0, 0.05) is 26.1 Å². The van der Waals surface area contributed by atoms with Crippen molar-refractivity contribution < 1.29 is 22.7 Å². The summed E-state index contributed by atoms with van der Waals surface area (Å²) in [4.78, 5) is 23.3. The fraction of sp³-hybridized carbons (Fsp3) is 0.350. The first-order valence-electron chi connectivity index (χ1n) is 9.44. The highest BCUT2D eigenvalue weighted by Crippen LogP contribution is 2.30. The predicted octanol–water partition coefficient (Wildman–Crippen LogP) is 3.15. The Hall–Kier alpha value is -3.30. The molecule has 0 bridgehead atoms. The van der Waals surface area contributed by atoms with E-state index in [4.69, 9.17) is 0 Å². The normalized spacial score (nSPS) is 16.5. The van der Waals surface area contributed by atoms with Crippen LogP contribution in [0.4, 0.5) is 19.0 Å². The van der Waals surface area contributed by atoms with Gasteiger partial charge in [-0.3, -0.25) is 9.78 Å². The van der Waals surface area contributed by atoms with Crippen molar-refractivity contribution in [3.63, 3.8) is 0 Å². The second-order valence-electron chi connectivity index (χ2n) is 7.12. The number of rotatable bonds is 5. The van der Waals surface area contributed by atoms with Crippen LogP contribution in [0.5, 0.6) is 0 Å². The van der Waals surface area contributed by atoms with Crippen LogP contribution in [0.3, 0.4) is 0 Å². The molecule has 0 radical (unpaired) electrons. The number of carbonyl (C=O) groups is 1. The summed E-state index contributed by atoms with van der Waals surface area (Å²) in [7, 11) is 1.81. The third kappa shape index (κ3) is 4.32. The number of anilines is 1. The summed E-state index contributed by atoms with van der Waals surface area (Å²) in [5.74, 6) is 0.747. The van der Waals surface area contributed by atoms with Gasteiger partial charge in [0.25, 0.3) is 5.91 Å². The smallest absolute Gasteiger partial charge is 0.410 e. The Balaban J connectivity index is 1.68. The zero-order valence-corrected chi connectivity index (χ0v) is 16.2. The number of alkyl halides is 3. The molecule has 1 aliphatic heterocycles. The first-order valence-corrected chi connectivity index (χ1v) is 9.44. The van der Waals surface area contributed by atoms with Gasteiger partial charge in [-0.15, -0.1) is 13.2 Å². The fourth-order valence-corrected chi connectivity index (χ4v) is 3.56. The highest BCUT2D eigenvalue weighted by molar-refractivity contribution is 5.99. The van der Waals surface area contributed by atoms with Gasteiger partial charge in [-0.1, -0.05) is 12.1 Å². The Morgan fingerprint density at radius 2 is 2.13 bits per heavy atom. The topological polar surface area (TPSA) is 72.3 Å². The van der Waals surface area contributed by atoms with Crippen molar-refractivity contribution in [2.24, 2.45) is 0 Å². The van der Waals surface area contributed by atoms with Crippen LogP contribution in [-0.4, -0.2) is 40.5 Å². The highest BCUT2D eigenvalue weighted by Gasteiger charge is 2.33. The molecule has 1 N–H and O–H groups in total. The largest absolute Gasteiger partial charge is 0.572 e. The van der Waals surface area contributed by atoms with Crippen molar-refractivity contribution in [2.45, 2.75) is 32.2 Å². The summed E-state index contributed by atoms with van der Waals surface area (Å²) in [6.45, 7) is 0.653. The molecule has 0 fully saturated rings. The molecule has 10 heteroatoms. The molecule has 2 aromatic rings. The lowest BCUT2D eigenvalue weighted by Gasteiger charge is -2.24. The lowest BCUT2D eigenvalue weighted by atomic mass is 10.0. The quantitative estimate of drug-likeness (QED) is 0.806. The molecule has 0 spiro atoms. The van der Waals surface area contributed by atoms with Crippen LogP contribution in [0.15, 0.2) is 47.9 Å². The van der Waals surface area contributed by atoms with Crippen LogP contribution < -0.4 is 10.2 Å². The fourth-order valence-electron chi connectivity index (χ4n) is 3.56. The molecule has 7 nitrogen and oxygen atoms in total. The van der Waals surface area contributed by atoms with Crippen LogP contribution in [0.1, 0.15) is 34.8 Å². The number of nitrogens with zero attached hydrogens (tertiary/aromatic N) is 4. The molecule has 0 saturated heterocycles. The number of aromatic nitrogens is 3. The number of amides is 1. The summed E-state index contributed by atoms with van der Waals surface area (Å²) >= 11 is 0. The zero-order valence-electron chi connectivity index (χ0n) is 16.2. The van der Waals surface area contributed by atoms with Crippen LogP contribution in [0, 0.1) is 0 Å². The minimum Gasteiger partial charge on any atom is -0.410 e. The van der Waals surface area contributed by atoms with E-state index >= 15 is 0 Å². The first kappa shape index (κ1) is 20.0. The van der Waals surface area contributed by atoms with Gasteiger partial charge >= 0.3 is 6.36 Å². The van der Waals surface area contributed by atoms with Gasteiger partial charge in [-0.05, 0) is 30.2 Å². The summed E-state index contributed by atoms with van der Waals surface area (Å²) < 4.78 is 43.6. The second kappa shape index (κ2) is 7.85. The maximum absolute atomic E-state index is 12.6. The molecule has 0 saturated carbocycles. The summed E-state index contributed by atoms with van der Waals surface area (Å²) in [5.41, 5.74) is 1.82. The number of nitrogens with one attached hydrogen (secondary N) is 1. The number of fused-ring (bicyclic) bond motifs is 1. The van der Waals surface area contributed by atoms with E-state index < -0.39 is 6.36 Å². The number of allylic oxidation sites excluding steroid dienone is 4. The molecule has 2 aromatic heterocycles. The summed E-state index contributed by atoms with van der Waals surface area (Å²) in [5, 5.41) is 2.80. The number of halogens is 3. The molecule has 4 rings (SSSR count). The minimum atomic E-state index is -4.72. The Morgan fingerprint density at radius 1 is 1.30 bits per heavy atom. The molecular weight excluding hydrogens is 399 g/mol. The standard InChI is InChI=1S/C20H20F3N5O2/c1-27-12-25-19(29)17-18(27)26-16(28(17)11-14-6-2-3-8-24-14)10-13-5-4-7-15(9-13)30-20(21,22)23/h2-3,5-6,8-9H,4,7,10-12H2,1H3,(H,25,29). The third-order valence-corrected chi connectivity index (χ3v) is 4.88. The molecule has 158 valence electrons. The van der Waals surface area contributed by atoms with Crippen molar-refractivity contribution in [1.82, 2.24) is 19.9 Å². The molecule has 2 aliphatic rings. The van der Waals surface area contributed by atoms with Crippen molar-refractivity contribution in [3.05, 3.63) is 65.1 Å². The van der Waals surface area contributed by atoms with Crippen LogP contribution in [0.2, 0.25) is 0 Å². The van der Waals surface area contributed by atoms with E-state index in [0.717, 1.165) is 5.69 Å². The number of hydrogen-bond acceptors (Lipinski definition) is 5. The van der Waals surface area contributed by atoms with E-state index in [1.807, 2.05) is 30.2 Å². The van der Waals surface area contributed by atoms with Gasteiger partial charge in [0.15, 0.2) is 11.5 Å². The van der Waals surface area contributed by atoms with E-state index in [0.29, 0.717) is 42.5 Å². The Morgan fingerprint density at radius 3 is 2.87 bits per heavy atom. The lowest BCUT2D eigenvalue weighted by Crippen LogP contribution is -2.42. The average molecular weight is 419 g/mol. The van der Waals surface area contributed by atoms with Crippen LogP contribution in [0.25, 0.3) is 0 Å². The van der Waals surface area contributed by atoms with E-state index in [1.54, 1.807) is 16.8 Å². The number of hydrogen-bond donors (Lipinski definition) is 1. The molecule has 30 heavy (non-hydrogen) atoms. The molecule has 0 unspecified atom stereocenters. The SMILES string of the molecule is CN1CNC(=O)c2c1nc(CC1=CCCC(OC(F)(F)F)=C1)n2Cc1ccccn1. The van der Waals surface area contributed by atoms with Crippen molar-refractivity contribution >= 4 is 11.7 Å². The summed E-state index contributed by atoms with van der Waals surface area (Å²) in [6, 6.07) is 5.49. The maximum Gasteiger partial charge on any atom is 0.572 e. The average Bonchev–Trinajstić information content (AvgIpc) is 3.04. The van der Waals surface area contributed by atoms with E-state index in [2.05, 4.69) is 20.0 Å². The molecule has 0 aromatic carbocycles. The Kier molecular flexibility index (Phi) is 5.23. The first-order chi connectivity index (χ1) is 14.3. The van der Waals surface area contributed by atoms with Gasteiger partial charge in [0.2, 0.25) is 0 Å². The monoisotopic (exact) mass is 419 g/mol. The molecule has 3 heterocycles. The maximum atomic E-state index is 12.6. The number of imidazole rings is 1. The van der Waals surface area contributed by atoms with Crippen molar-refractivity contribution in [3.8, 4) is 0 Å². The number of ether oxygens (including phenoxy) is 1. The van der Waals surface area contributed by atoms with E-state index in [1.165, 1.54) is 6.08 Å². The van der Waals surface area contributed by atoms with Gasteiger partial charge in [0.1, 0.15) is 11.6 Å². The van der Waals surface area contributed by atoms with E-state index in [9.17, 15) is 18.0 Å². The Bertz CT molecular complexity index is 1010. The highest BCUT2D eigenvalue weighted by atomic mass is 19.4. The van der Waals surface area contributed by atoms with Crippen molar-refractivity contribution in [1.29, 1.82) is 0 Å². The molecule has 1 amide bonds. The van der Waals surface area contributed by atoms with Gasteiger partial charge < -0.3 is 19.5 Å². The third-order valence-electron chi connectivity index (χ3n) is 4.88. The molecule has 0 atom stereocenters.